The van der Waals surface area contributed by atoms with Gasteiger partial charge in [0.2, 0.25) is 0 Å². The molecule has 0 bridgehead atoms. The van der Waals surface area contributed by atoms with Gasteiger partial charge in [0.15, 0.2) is 0 Å². The van der Waals surface area contributed by atoms with E-state index in [0.29, 0.717) is 6.10 Å². The molecule has 2 unspecified atom stereocenters. The highest BCUT2D eigenvalue weighted by atomic mass is 16.5. The number of rotatable bonds is 5. The molecule has 0 aromatic carbocycles. The minimum Gasteiger partial charge on any atom is -0.378 e. The molecule has 21 heavy (non-hydrogen) atoms. The van der Waals surface area contributed by atoms with E-state index in [9.17, 15) is 0 Å². The molecule has 0 spiro atoms. The summed E-state index contributed by atoms with van der Waals surface area (Å²) in [6.07, 6.45) is 11.6. The summed E-state index contributed by atoms with van der Waals surface area (Å²) < 4.78 is 5.77. The van der Waals surface area contributed by atoms with E-state index < -0.39 is 0 Å². The van der Waals surface area contributed by atoms with E-state index in [0.717, 1.165) is 30.7 Å². The molecule has 0 amide bonds. The van der Waals surface area contributed by atoms with Gasteiger partial charge >= 0.3 is 0 Å². The van der Waals surface area contributed by atoms with Crippen molar-refractivity contribution in [1.29, 1.82) is 0 Å². The van der Waals surface area contributed by atoms with Crippen LogP contribution in [0.25, 0.3) is 0 Å². The van der Waals surface area contributed by atoms with Crippen molar-refractivity contribution in [3.05, 3.63) is 0 Å². The normalized spacial score (nSPS) is 39.1. The van der Waals surface area contributed by atoms with Crippen molar-refractivity contribution in [2.75, 3.05) is 19.7 Å². The summed E-state index contributed by atoms with van der Waals surface area (Å²) in [6, 6.07) is 2.29. The minimum atomic E-state index is 0.542. The van der Waals surface area contributed by atoms with Crippen molar-refractivity contribution >= 4 is 0 Å². The van der Waals surface area contributed by atoms with Crippen LogP contribution in [-0.4, -0.2) is 48.8 Å². The molecule has 1 heterocycles. The van der Waals surface area contributed by atoms with Gasteiger partial charge in [0, 0.05) is 37.8 Å². The molecule has 3 aliphatic rings. The predicted molar refractivity (Wildman–Crippen MR) is 87.6 cm³/mol. The van der Waals surface area contributed by atoms with Gasteiger partial charge in [-0.1, -0.05) is 26.2 Å². The number of nitrogens with one attached hydrogen (secondary N) is 1. The highest BCUT2D eigenvalue weighted by Gasteiger charge is 2.41. The Balaban J connectivity index is 1.55. The van der Waals surface area contributed by atoms with Gasteiger partial charge < -0.3 is 10.1 Å². The second kappa shape index (κ2) is 7.43. The van der Waals surface area contributed by atoms with Gasteiger partial charge in [-0.25, -0.2) is 0 Å². The maximum Gasteiger partial charge on any atom is 0.0604 e. The molecule has 0 aromatic rings. The molecule has 1 aliphatic heterocycles. The third kappa shape index (κ3) is 3.62. The molecule has 122 valence electrons. The molecule has 3 heteroatoms. The van der Waals surface area contributed by atoms with Crippen LogP contribution < -0.4 is 5.32 Å². The molecule has 0 aromatic heterocycles. The van der Waals surface area contributed by atoms with Crippen LogP contribution in [0, 0.1) is 5.92 Å². The van der Waals surface area contributed by atoms with E-state index in [1.54, 1.807) is 0 Å². The SMILES string of the molecule is CCOC1CC(N2CC(C3CCCCC3)NCC2CC)C1. The van der Waals surface area contributed by atoms with Gasteiger partial charge in [-0.2, -0.15) is 0 Å². The fourth-order valence-corrected chi connectivity index (χ4v) is 4.70. The molecule has 3 fully saturated rings. The molecule has 0 radical (unpaired) electrons. The molecule has 3 nitrogen and oxygen atoms in total. The largest absolute Gasteiger partial charge is 0.378 e. The quantitative estimate of drug-likeness (QED) is 0.843. The lowest BCUT2D eigenvalue weighted by Crippen LogP contribution is -2.64. The van der Waals surface area contributed by atoms with Crippen molar-refractivity contribution in [2.45, 2.75) is 89.4 Å². The highest BCUT2D eigenvalue weighted by Crippen LogP contribution is 2.34. The topological polar surface area (TPSA) is 24.5 Å². The average Bonchev–Trinajstić information content (AvgIpc) is 2.51. The van der Waals surface area contributed by atoms with Crippen LogP contribution in [-0.2, 0) is 4.74 Å². The lowest BCUT2D eigenvalue weighted by atomic mass is 9.80. The Morgan fingerprint density at radius 2 is 1.86 bits per heavy atom. The van der Waals surface area contributed by atoms with Crippen molar-refractivity contribution < 1.29 is 4.74 Å². The van der Waals surface area contributed by atoms with Crippen LogP contribution in [0.3, 0.4) is 0 Å². The lowest BCUT2D eigenvalue weighted by molar-refractivity contribution is -0.0703. The van der Waals surface area contributed by atoms with Crippen LogP contribution in [0.15, 0.2) is 0 Å². The zero-order valence-electron chi connectivity index (χ0n) is 14.0. The van der Waals surface area contributed by atoms with E-state index in [-0.39, 0.29) is 0 Å². The van der Waals surface area contributed by atoms with Crippen LogP contribution in [0.5, 0.6) is 0 Å². The molecular weight excluding hydrogens is 260 g/mol. The Labute approximate surface area is 130 Å². The van der Waals surface area contributed by atoms with Crippen LogP contribution in [0.4, 0.5) is 0 Å². The van der Waals surface area contributed by atoms with Gasteiger partial charge in [0.25, 0.3) is 0 Å². The number of hydrogen-bond donors (Lipinski definition) is 1. The lowest BCUT2D eigenvalue weighted by Gasteiger charge is -2.51. The van der Waals surface area contributed by atoms with Gasteiger partial charge in [-0.05, 0) is 44.9 Å². The summed E-state index contributed by atoms with van der Waals surface area (Å²) in [4.78, 5) is 2.84. The Bertz CT molecular complexity index is 310. The van der Waals surface area contributed by atoms with Crippen LogP contribution in [0.1, 0.15) is 65.2 Å². The van der Waals surface area contributed by atoms with E-state index >= 15 is 0 Å². The minimum absolute atomic E-state index is 0.542. The van der Waals surface area contributed by atoms with Crippen molar-refractivity contribution in [2.24, 2.45) is 5.92 Å². The Morgan fingerprint density at radius 1 is 1.10 bits per heavy atom. The Kier molecular flexibility index (Phi) is 5.58. The molecule has 1 N–H and O–H groups in total. The number of ether oxygens (including phenoxy) is 1. The molecule has 2 aliphatic carbocycles. The summed E-state index contributed by atoms with van der Waals surface area (Å²) in [5.41, 5.74) is 0. The maximum atomic E-state index is 5.77. The Hall–Kier alpha value is -0.120. The third-order valence-corrected chi connectivity index (χ3v) is 6.12. The van der Waals surface area contributed by atoms with Crippen LogP contribution >= 0.6 is 0 Å². The van der Waals surface area contributed by atoms with Crippen molar-refractivity contribution in [3.63, 3.8) is 0 Å². The van der Waals surface area contributed by atoms with Crippen LogP contribution in [0.2, 0.25) is 0 Å². The Morgan fingerprint density at radius 3 is 2.52 bits per heavy atom. The summed E-state index contributed by atoms with van der Waals surface area (Å²) in [5, 5.41) is 3.89. The van der Waals surface area contributed by atoms with Gasteiger partial charge in [-0.15, -0.1) is 0 Å². The number of piperazine rings is 1. The zero-order chi connectivity index (χ0) is 14.7. The van der Waals surface area contributed by atoms with E-state index in [4.69, 9.17) is 4.74 Å². The first-order valence-electron chi connectivity index (χ1n) is 9.42. The van der Waals surface area contributed by atoms with Crippen molar-refractivity contribution in [1.82, 2.24) is 10.2 Å². The summed E-state index contributed by atoms with van der Waals surface area (Å²) in [6.45, 7) is 7.83. The zero-order valence-corrected chi connectivity index (χ0v) is 14.0. The molecule has 2 saturated carbocycles. The summed E-state index contributed by atoms with van der Waals surface area (Å²) >= 11 is 0. The van der Waals surface area contributed by atoms with E-state index in [1.165, 1.54) is 64.5 Å². The predicted octanol–water partition coefficient (Wildman–Crippen LogP) is 3.19. The van der Waals surface area contributed by atoms with Crippen molar-refractivity contribution in [3.8, 4) is 0 Å². The average molecular weight is 294 g/mol. The first-order chi connectivity index (χ1) is 10.3. The van der Waals surface area contributed by atoms with Gasteiger partial charge in [0.1, 0.15) is 0 Å². The second-order valence-electron chi connectivity index (χ2n) is 7.37. The molecule has 1 saturated heterocycles. The van der Waals surface area contributed by atoms with E-state index in [1.807, 2.05) is 0 Å². The number of nitrogens with zero attached hydrogens (tertiary/aromatic N) is 1. The molecular formula is C18H34N2O. The molecule has 3 rings (SSSR count). The summed E-state index contributed by atoms with van der Waals surface area (Å²) in [5.74, 6) is 0.932. The smallest absolute Gasteiger partial charge is 0.0604 e. The standard InChI is InChI=1S/C18H34N2O/c1-3-15-12-19-18(14-8-6-5-7-9-14)13-20(15)16-10-17(11-16)21-4-2/h14-19H,3-13H2,1-2H3. The second-order valence-corrected chi connectivity index (χ2v) is 7.37. The van der Waals surface area contributed by atoms with Gasteiger partial charge in [-0.3, -0.25) is 4.90 Å². The maximum absolute atomic E-state index is 5.77. The van der Waals surface area contributed by atoms with E-state index in [2.05, 4.69) is 24.1 Å². The monoisotopic (exact) mass is 294 g/mol. The first kappa shape index (κ1) is 15.8. The highest BCUT2D eigenvalue weighted by molar-refractivity contribution is 4.97. The number of hydrogen-bond acceptors (Lipinski definition) is 3. The first-order valence-corrected chi connectivity index (χ1v) is 9.42. The summed E-state index contributed by atoms with van der Waals surface area (Å²) in [7, 11) is 0. The third-order valence-electron chi connectivity index (χ3n) is 6.12. The van der Waals surface area contributed by atoms with Gasteiger partial charge in [0.05, 0.1) is 6.10 Å². The fourth-order valence-electron chi connectivity index (χ4n) is 4.70. The fraction of sp³-hybridized carbons (Fsp3) is 1.00. The molecule has 2 atom stereocenters.